The highest BCUT2D eigenvalue weighted by molar-refractivity contribution is 9.10. The van der Waals surface area contributed by atoms with E-state index < -0.39 is 5.97 Å². The van der Waals surface area contributed by atoms with E-state index in [1.165, 1.54) is 6.07 Å². The highest BCUT2D eigenvalue weighted by Gasteiger charge is 2.23. The number of carbonyl (C=O) groups is 1. The van der Waals surface area contributed by atoms with Gasteiger partial charge in [-0.05, 0) is 29.8 Å². The van der Waals surface area contributed by atoms with Crippen molar-refractivity contribution in [2.24, 2.45) is 0 Å². The molecule has 0 amide bonds. The Kier molecular flexibility index (Phi) is 6.88. The standard InChI is InChI=1S/C20H21BrFN7O3/c1-2-3-18(30)32-29-26-19(25-27-29)13-11-23-20(24-12-13)28-8-6-15(7-9-28)31-17-10-14(21)4-5-16(17)22/h4-5,10-12,15H,2-3,6-9H2,1H3. The van der Waals surface area contributed by atoms with Crippen molar-refractivity contribution in [2.75, 3.05) is 18.0 Å². The summed E-state index contributed by atoms with van der Waals surface area (Å²) in [5, 5.41) is 11.6. The number of tetrazole rings is 1. The second-order valence-corrected chi connectivity index (χ2v) is 8.15. The van der Waals surface area contributed by atoms with Crippen molar-refractivity contribution in [3.05, 3.63) is 40.9 Å². The molecule has 0 aliphatic carbocycles. The van der Waals surface area contributed by atoms with E-state index in [0.717, 1.165) is 22.3 Å². The molecule has 0 unspecified atom stereocenters. The fraction of sp³-hybridized carbons (Fsp3) is 0.400. The highest BCUT2D eigenvalue weighted by atomic mass is 79.9. The molecule has 2 aromatic heterocycles. The van der Waals surface area contributed by atoms with Crippen LogP contribution in [0.5, 0.6) is 5.75 Å². The van der Waals surface area contributed by atoms with Crippen molar-refractivity contribution >= 4 is 27.8 Å². The maximum absolute atomic E-state index is 13.9. The maximum Gasteiger partial charge on any atom is 0.336 e. The van der Waals surface area contributed by atoms with E-state index in [-0.39, 0.29) is 29.9 Å². The quantitative estimate of drug-likeness (QED) is 0.447. The van der Waals surface area contributed by atoms with Crippen molar-refractivity contribution < 1.29 is 18.8 Å². The largest absolute Gasteiger partial charge is 0.487 e. The minimum atomic E-state index is -0.432. The van der Waals surface area contributed by atoms with E-state index in [9.17, 15) is 9.18 Å². The van der Waals surface area contributed by atoms with Gasteiger partial charge in [0.1, 0.15) is 6.10 Å². The first kappa shape index (κ1) is 22.1. The fourth-order valence-electron chi connectivity index (χ4n) is 3.22. The van der Waals surface area contributed by atoms with E-state index >= 15 is 0 Å². The zero-order chi connectivity index (χ0) is 22.5. The summed E-state index contributed by atoms with van der Waals surface area (Å²) < 4.78 is 20.5. The third-order valence-electron chi connectivity index (χ3n) is 4.84. The number of anilines is 1. The third-order valence-corrected chi connectivity index (χ3v) is 5.34. The molecular weight excluding hydrogens is 485 g/mol. The van der Waals surface area contributed by atoms with E-state index in [2.05, 4.69) is 41.3 Å². The monoisotopic (exact) mass is 505 g/mol. The van der Waals surface area contributed by atoms with Crippen LogP contribution in [0, 0.1) is 5.82 Å². The van der Waals surface area contributed by atoms with Crippen LogP contribution in [0.4, 0.5) is 10.3 Å². The van der Waals surface area contributed by atoms with Gasteiger partial charge in [-0.15, -0.1) is 5.10 Å². The van der Waals surface area contributed by atoms with E-state index in [1.807, 2.05) is 11.8 Å². The summed E-state index contributed by atoms with van der Waals surface area (Å²) in [6.07, 6.45) is 5.48. The first-order chi connectivity index (χ1) is 15.5. The molecule has 1 fully saturated rings. The van der Waals surface area contributed by atoms with Gasteiger partial charge < -0.3 is 14.5 Å². The Hall–Kier alpha value is -3.15. The van der Waals surface area contributed by atoms with Crippen LogP contribution in [-0.2, 0) is 4.79 Å². The van der Waals surface area contributed by atoms with Gasteiger partial charge in [-0.2, -0.15) is 0 Å². The molecule has 0 bridgehead atoms. The molecule has 1 saturated heterocycles. The number of hydrogen-bond donors (Lipinski definition) is 0. The van der Waals surface area contributed by atoms with Crippen LogP contribution >= 0.6 is 15.9 Å². The Morgan fingerprint density at radius 2 is 2.00 bits per heavy atom. The summed E-state index contributed by atoms with van der Waals surface area (Å²) in [5.74, 6) is 0.268. The van der Waals surface area contributed by atoms with Gasteiger partial charge in [-0.1, -0.05) is 28.0 Å². The normalized spacial score (nSPS) is 14.4. The number of halogens is 2. The topological polar surface area (TPSA) is 108 Å². The molecule has 1 aliphatic rings. The Bertz CT molecular complexity index is 1070. The maximum atomic E-state index is 13.9. The lowest BCUT2D eigenvalue weighted by Gasteiger charge is -2.32. The van der Waals surface area contributed by atoms with Gasteiger partial charge in [-0.3, -0.25) is 0 Å². The average molecular weight is 506 g/mol. The van der Waals surface area contributed by atoms with Crippen molar-refractivity contribution in [3.8, 4) is 17.1 Å². The Morgan fingerprint density at radius 3 is 2.72 bits per heavy atom. The van der Waals surface area contributed by atoms with Crippen LogP contribution in [0.3, 0.4) is 0 Å². The predicted octanol–water partition coefficient (Wildman–Crippen LogP) is 2.83. The van der Waals surface area contributed by atoms with Crippen molar-refractivity contribution in [2.45, 2.75) is 38.7 Å². The van der Waals surface area contributed by atoms with Crippen LogP contribution in [0.2, 0.25) is 0 Å². The lowest BCUT2D eigenvalue weighted by atomic mass is 10.1. The lowest BCUT2D eigenvalue weighted by molar-refractivity contribution is -0.148. The molecule has 168 valence electrons. The van der Waals surface area contributed by atoms with Gasteiger partial charge in [0.15, 0.2) is 11.6 Å². The SMILES string of the molecule is CCCC(=O)On1nnc(-c2cnc(N3CCC(Oc4cc(Br)ccc4F)CC3)nc2)n1. The first-order valence-electron chi connectivity index (χ1n) is 10.2. The molecule has 0 radical (unpaired) electrons. The zero-order valence-corrected chi connectivity index (χ0v) is 18.9. The predicted molar refractivity (Wildman–Crippen MR) is 115 cm³/mol. The zero-order valence-electron chi connectivity index (χ0n) is 17.3. The highest BCUT2D eigenvalue weighted by Crippen LogP contribution is 2.26. The molecule has 1 aliphatic heterocycles. The van der Waals surface area contributed by atoms with Gasteiger partial charge >= 0.3 is 5.97 Å². The summed E-state index contributed by atoms with van der Waals surface area (Å²) in [4.78, 5) is 28.1. The molecule has 4 rings (SSSR count). The van der Waals surface area contributed by atoms with Gasteiger partial charge in [0.05, 0.1) is 5.56 Å². The number of aromatic nitrogens is 6. The van der Waals surface area contributed by atoms with Gasteiger partial charge in [-0.25, -0.2) is 19.2 Å². The van der Waals surface area contributed by atoms with Crippen molar-refractivity contribution in [3.63, 3.8) is 0 Å². The van der Waals surface area contributed by atoms with Crippen molar-refractivity contribution in [1.29, 1.82) is 0 Å². The summed E-state index contributed by atoms with van der Waals surface area (Å²) in [7, 11) is 0. The molecule has 0 spiro atoms. The van der Waals surface area contributed by atoms with Crippen LogP contribution in [-0.4, -0.2) is 55.5 Å². The molecule has 0 N–H and O–H groups in total. The van der Waals surface area contributed by atoms with Crippen LogP contribution in [0.25, 0.3) is 11.4 Å². The summed E-state index contributed by atoms with van der Waals surface area (Å²) in [5.41, 5.74) is 0.551. The van der Waals surface area contributed by atoms with E-state index in [1.54, 1.807) is 24.5 Å². The van der Waals surface area contributed by atoms with E-state index in [4.69, 9.17) is 9.57 Å². The molecule has 10 nitrogen and oxygen atoms in total. The van der Waals surface area contributed by atoms with Crippen molar-refractivity contribution in [1.82, 2.24) is 30.3 Å². The van der Waals surface area contributed by atoms with Crippen LogP contribution in [0.15, 0.2) is 35.1 Å². The molecule has 3 heterocycles. The summed E-state index contributed by atoms with van der Waals surface area (Å²) in [6, 6.07) is 4.66. The second kappa shape index (κ2) is 9.98. The summed E-state index contributed by atoms with van der Waals surface area (Å²) >= 11 is 3.33. The molecule has 0 saturated carbocycles. The minimum absolute atomic E-state index is 0.0796. The Labute approximate surface area is 191 Å². The number of rotatable bonds is 7. The molecule has 0 atom stereocenters. The number of nitrogens with zero attached hydrogens (tertiary/aromatic N) is 7. The number of ether oxygens (including phenoxy) is 1. The van der Waals surface area contributed by atoms with Gasteiger partial charge in [0.2, 0.25) is 11.8 Å². The van der Waals surface area contributed by atoms with Gasteiger partial charge in [0, 0.05) is 54.2 Å². The van der Waals surface area contributed by atoms with Crippen LogP contribution < -0.4 is 14.5 Å². The average Bonchev–Trinajstić information content (AvgIpc) is 3.25. The number of benzene rings is 1. The minimum Gasteiger partial charge on any atom is -0.487 e. The number of piperidine rings is 1. The number of hydrogen-bond acceptors (Lipinski definition) is 9. The molecule has 32 heavy (non-hydrogen) atoms. The third kappa shape index (κ3) is 5.36. The molecule has 3 aromatic rings. The molecular formula is C20H21BrFN7O3. The van der Waals surface area contributed by atoms with E-state index in [0.29, 0.717) is 31.0 Å². The van der Waals surface area contributed by atoms with Gasteiger partial charge in [0.25, 0.3) is 0 Å². The molecule has 1 aromatic carbocycles. The molecule has 12 heteroatoms. The fourth-order valence-corrected chi connectivity index (χ4v) is 3.56. The summed E-state index contributed by atoms with van der Waals surface area (Å²) in [6.45, 7) is 3.24. The second-order valence-electron chi connectivity index (χ2n) is 7.23. The van der Waals surface area contributed by atoms with Crippen LogP contribution in [0.1, 0.15) is 32.6 Å². The number of carbonyl (C=O) groups excluding carboxylic acids is 1. The first-order valence-corrected chi connectivity index (χ1v) is 11.0. The Morgan fingerprint density at radius 1 is 1.25 bits per heavy atom. The Balaban J connectivity index is 1.33. The lowest BCUT2D eigenvalue weighted by Crippen LogP contribution is -2.39. The smallest absolute Gasteiger partial charge is 0.336 e.